The van der Waals surface area contributed by atoms with E-state index < -0.39 is 30.5 Å². The molecular weight excluding hydrogens is 286 g/mol. The third kappa shape index (κ3) is 1.78. The number of rotatable bonds is 2. The van der Waals surface area contributed by atoms with Gasteiger partial charge >= 0.3 is 0 Å². The highest BCUT2D eigenvalue weighted by atomic mass is 16.6. The largest absolute Gasteiger partial charge is 0.505 e. The normalized spacial score (nSPS) is 31.0. The van der Waals surface area contributed by atoms with E-state index in [2.05, 4.69) is 21.8 Å². The molecule has 1 aliphatic rings. The van der Waals surface area contributed by atoms with Crippen LogP contribution in [0.25, 0.3) is 11.2 Å². The number of aliphatic hydroxyl groups is 2. The number of terminal acetylenes is 2. The van der Waals surface area contributed by atoms with Crippen LogP contribution in [0.3, 0.4) is 0 Å². The molecule has 0 saturated carbocycles. The van der Waals surface area contributed by atoms with E-state index in [4.69, 9.17) is 17.6 Å². The Bertz CT molecular complexity index is 803. The van der Waals surface area contributed by atoms with Gasteiger partial charge in [-0.25, -0.2) is 9.97 Å². The van der Waals surface area contributed by atoms with Crippen molar-refractivity contribution in [3.8, 4) is 30.4 Å². The topological polar surface area (TPSA) is 101 Å². The molecule has 3 rings (SSSR count). The lowest BCUT2D eigenvalue weighted by atomic mass is 9.91. The molecule has 1 fully saturated rings. The summed E-state index contributed by atoms with van der Waals surface area (Å²) in [5.74, 6) is 3.87. The number of ether oxygens (including phenoxy) is 1. The van der Waals surface area contributed by atoms with Gasteiger partial charge in [0.25, 0.3) is 0 Å². The van der Waals surface area contributed by atoms with Crippen molar-refractivity contribution in [1.29, 1.82) is 0 Å². The van der Waals surface area contributed by atoms with Crippen LogP contribution < -0.4 is 0 Å². The van der Waals surface area contributed by atoms with E-state index in [9.17, 15) is 15.3 Å². The molecule has 22 heavy (non-hydrogen) atoms. The van der Waals surface area contributed by atoms with Crippen molar-refractivity contribution in [1.82, 2.24) is 14.5 Å². The van der Waals surface area contributed by atoms with Crippen molar-refractivity contribution in [3.05, 3.63) is 18.6 Å². The van der Waals surface area contributed by atoms with Gasteiger partial charge in [0.05, 0.1) is 18.9 Å². The van der Waals surface area contributed by atoms with E-state index in [1.165, 1.54) is 23.2 Å². The van der Waals surface area contributed by atoms with E-state index >= 15 is 0 Å². The molecular formula is C15H13N3O4. The molecule has 4 atom stereocenters. The van der Waals surface area contributed by atoms with Gasteiger partial charge in [0.1, 0.15) is 17.4 Å². The Kier molecular flexibility index (Phi) is 3.27. The molecule has 3 N–H and O–H groups in total. The number of imidazole rings is 1. The standard InChI is InChI=1S/C15H13N3O4/c1-3-9-12(21)15(4-2,7-19)22-14(9)18-8-17-11-10(20)5-6-16-13(11)18/h1-2,5-6,8-9,12,14,19,21H,7H2,(H,16,20)/t9-,12-,14+,15+/m0/s1. The number of fused-ring (bicyclic) bond motifs is 1. The predicted molar refractivity (Wildman–Crippen MR) is 76.3 cm³/mol. The third-order valence-electron chi connectivity index (χ3n) is 3.84. The first-order chi connectivity index (χ1) is 10.6. The molecule has 0 bridgehead atoms. The highest BCUT2D eigenvalue weighted by molar-refractivity contribution is 5.77. The van der Waals surface area contributed by atoms with Crippen LogP contribution in [0.15, 0.2) is 18.6 Å². The van der Waals surface area contributed by atoms with Gasteiger partial charge in [0.2, 0.25) is 0 Å². The average Bonchev–Trinajstić information content (AvgIpc) is 3.07. The Morgan fingerprint density at radius 1 is 1.41 bits per heavy atom. The highest BCUT2D eigenvalue weighted by Gasteiger charge is 2.54. The van der Waals surface area contributed by atoms with Crippen molar-refractivity contribution in [2.45, 2.75) is 17.9 Å². The first-order valence-electron chi connectivity index (χ1n) is 6.49. The molecule has 1 aliphatic heterocycles. The molecule has 0 aliphatic carbocycles. The summed E-state index contributed by atoms with van der Waals surface area (Å²) in [5, 5.41) is 29.6. The van der Waals surface area contributed by atoms with Gasteiger partial charge in [-0.15, -0.1) is 12.8 Å². The maximum Gasteiger partial charge on any atom is 0.180 e. The Labute approximate surface area is 126 Å². The minimum atomic E-state index is -1.59. The molecule has 0 radical (unpaired) electrons. The maximum absolute atomic E-state index is 10.3. The highest BCUT2D eigenvalue weighted by Crippen LogP contribution is 2.42. The monoisotopic (exact) mass is 299 g/mol. The fourth-order valence-electron chi connectivity index (χ4n) is 2.61. The molecule has 0 unspecified atom stereocenters. The molecule has 0 aromatic carbocycles. The summed E-state index contributed by atoms with van der Waals surface area (Å²) in [6.45, 7) is -0.579. The summed E-state index contributed by atoms with van der Waals surface area (Å²) < 4.78 is 7.16. The smallest absolute Gasteiger partial charge is 0.180 e. The number of hydrogen-bond acceptors (Lipinski definition) is 6. The van der Waals surface area contributed by atoms with Crippen LogP contribution in [0, 0.1) is 30.6 Å². The van der Waals surface area contributed by atoms with Crippen LogP contribution in [-0.2, 0) is 4.74 Å². The molecule has 2 aromatic heterocycles. The van der Waals surface area contributed by atoms with Crippen molar-refractivity contribution < 1.29 is 20.1 Å². The van der Waals surface area contributed by atoms with E-state index in [-0.39, 0.29) is 11.3 Å². The van der Waals surface area contributed by atoms with Gasteiger partial charge in [0.15, 0.2) is 17.5 Å². The molecule has 3 heterocycles. The zero-order valence-corrected chi connectivity index (χ0v) is 11.4. The number of aromatic nitrogens is 3. The van der Waals surface area contributed by atoms with E-state index in [1.807, 2.05) is 0 Å². The first-order valence-corrected chi connectivity index (χ1v) is 6.49. The Morgan fingerprint density at radius 3 is 2.82 bits per heavy atom. The minimum Gasteiger partial charge on any atom is -0.505 e. The lowest BCUT2D eigenvalue weighted by Crippen LogP contribution is -2.43. The van der Waals surface area contributed by atoms with Gasteiger partial charge in [-0.2, -0.15) is 0 Å². The molecule has 112 valence electrons. The van der Waals surface area contributed by atoms with E-state index in [1.54, 1.807) is 0 Å². The van der Waals surface area contributed by atoms with Crippen LogP contribution >= 0.6 is 0 Å². The van der Waals surface area contributed by atoms with Crippen LogP contribution in [0.2, 0.25) is 0 Å². The van der Waals surface area contributed by atoms with E-state index in [0.717, 1.165) is 0 Å². The van der Waals surface area contributed by atoms with Gasteiger partial charge in [0, 0.05) is 12.3 Å². The fraction of sp³-hybridized carbons (Fsp3) is 0.333. The summed E-state index contributed by atoms with van der Waals surface area (Å²) in [6, 6.07) is 1.40. The maximum atomic E-state index is 10.3. The molecule has 7 heteroatoms. The predicted octanol–water partition coefficient (Wildman–Crippen LogP) is -0.360. The zero-order valence-electron chi connectivity index (χ0n) is 11.4. The van der Waals surface area contributed by atoms with Gasteiger partial charge in [-0.3, -0.25) is 4.57 Å². The summed E-state index contributed by atoms with van der Waals surface area (Å²) >= 11 is 0. The molecule has 7 nitrogen and oxygen atoms in total. The third-order valence-corrected chi connectivity index (χ3v) is 3.84. The zero-order chi connectivity index (χ0) is 15.9. The van der Waals surface area contributed by atoms with Crippen LogP contribution in [-0.4, -0.2) is 48.2 Å². The SMILES string of the molecule is C#C[C@@H]1[C@H](n2cnc3c(O)ccnc32)O[C@](C#C)(CO)[C@H]1O. The summed E-state index contributed by atoms with van der Waals surface area (Å²) in [6.07, 6.45) is 11.6. The molecule has 0 amide bonds. The summed E-state index contributed by atoms with van der Waals surface area (Å²) in [7, 11) is 0. The molecule has 0 spiro atoms. The lowest BCUT2D eigenvalue weighted by molar-refractivity contribution is -0.0894. The average molecular weight is 299 g/mol. The number of nitrogens with zero attached hydrogens (tertiary/aromatic N) is 3. The quantitative estimate of drug-likeness (QED) is 0.655. The second-order valence-corrected chi connectivity index (χ2v) is 4.99. The molecule has 1 saturated heterocycles. The summed E-state index contributed by atoms with van der Waals surface area (Å²) in [4.78, 5) is 8.20. The van der Waals surface area contributed by atoms with Gasteiger partial charge in [-0.05, 0) is 0 Å². The number of pyridine rings is 1. The van der Waals surface area contributed by atoms with Crippen molar-refractivity contribution in [3.63, 3.8) is 0 Å². The molecule has 2 aromatic rings. The van der Waals surface area contributed by atoms with Crippen LogP contribution in [0.4, 0.5) is 0 Å². The first kappa shape index (κ1) is 14.4. The van der Waals surface area contributed by atoms with Crippen molar-refractivity contribution in [2.75, 3.05) is 6.61 Å². The number of aliphatic hydroxyl groups excluding tert-OH is 2. The Balaban J connectivity index is 2.13. The summed E-state index contributed by atoms with van der Waals surface area (Å²) in [5.41, 5.74) is -0.975. The van der Waals surface area contributed by atoms with Crippen molar-refractivity contribution in [2.24, 2.45) is 5.92 Å². The van der Waals surface area contributed by atoms with Crippen molar-refractivity contribution >= 4 is 11.2 Å². The van der Waals surface area contributed by atoms with Crippen LogP contribution in [0.1, 0.15) is 6.23 Å². The minimum absolute atomic E-state index is 0.0371. The Hall–Kier alpha value is -2.58. The van der Waals surface area contributed by atoms with Gasteiger partial charge < -0.3 is 20.1 Å². The van der Waals surface area contributed by atoms with Crippen LogP contribution in [0.5, 0.6) is 5.75 Å². The number of hydrogen-bond donors (Lipinski definition) is 3. The van der Waals surface area contributed by atoms with Gasteiger partial charge in [-0.1, -0.05) is 11.8 Å². The fourth-order valence-corrected chi connectivity index (χ4v) is 2.61. The Morgan fingerprint density at radius 2 is 2.18 bits per heavy atom. The second kappa shape index (κ2) is 5.00. The lowest BCUT2D eigenvalue weighted by Gasteiger charge is -2.23. The van der Waals surface area contributed by atoms with E-state index in [0.29, 0.717) is 5.65 Å². The number of aromatic hydroxyl groups is 1. The second-order valence-electron chi connectivity index (χ2n) is 4.99.